The smallest absolute Gasteiger partial charge is 0.462 e. The summed E-state index contributed by atoms with van der Waals surface area (Å²) in [4.78, 5) is 26.7. The van der Waals surface area contributed by atoms with Crippen LogP contribution in [0.3, 0.4) is 0 Å². The van der Waals surface area contributed by atoms with Crippen molar-refractivity contribution in [2.75, 3.05) is 13.2 Å². The topological polar surface area (TPSA) is 86.7 Å². The first-order valence-electron chi connectivity index (χ1n) is 18.7. The van der Waals surface area contributed by atoms with E-state index in [1.54, 1.807) is 42.5 Å². The van der Waals surface area contributed by atoms with E-state index in [-0.39, 0.29) is 11.0 Å². The van der Waals surface area contributed by atoms with Crippen molar-refractivity contribution in [2.45, 2.75) is 81.1 Å². The van der Waals surface area contributed by atoms with Crippen LogP contribution in [-0.2, 0) is 9.13 Å². The molecule has 0 amide bonds. The molecule has 282 valence electrons. The highest BCUT2D eigenvalue weighted by Gasteiger charge is 2.39. The summed E-state index contributed by atoms with van der Waals surface area (Å²) in [5.41, 5.74) is 6.09. The lowest BCUT2D eigenvalue weighted by molar-refractivity contribution is 0.107. The van der Waals surface area contributed by atoms with Gasteiger partial charge in [0, 0.05) is 22.2 Å². The van der Waals surface area contributed by atoms with Crippen molar-refractivity contribution >= 4 is 41.9 Å². The van der Waals surface area contributed by atoms with Crippen LogP contribution in [0, 0.1) is 41.5 Å². The van der Waals surface area contributed by atoms with E-state index >= 15 is 0 Å². The first-order valence-corrected chi connectivity index (χ1v) is 21.6. The van der Waals surface area contributed by atoms with E-state index in [2.05, 4.69) is 13.8 Å². The predicted octanol–water partition coefficient (Wildman–Crippen LogP) is 11.0. The third-order valence-electron chi connectivity index (χ3n) is 9.16. The van der Waals surface area contributed by atoms with Crippen molar-refractivity contribution in [1.82, 2.24) is 0 Å². The van der Waals surface area contributed by atoms with Gasteiger partial charge in [0.05, 0.1) is 18.8 Å². The molecule has 5 rings (SSSR count). The van der Waals surface area contributed by atoms with Gasteiger partial charge in [-0.3, -0.25) is 4.79 Å². The fourth-order valence-electron chi connectivity index (χ4n) is 6.59. The monoisotopic (exact) mass is 763 g/mol. The fourth-order valence-corrected chi connectivity index (χ4v) is 10.5. The maximum absolute atomic E-state index is 14.2. The van der Waals surface area contributed by atoms with Gasteiger partial charge in [-0.2, -0.15) is 0 Å². The lowest BCUT2D eigenvalue weighted by Crippen LogP contribution is -2.23. The third-order valence-corrected chi connectivity index (χ3v) is 13.4. The van der Waals surface area contributed by atoms with E-state index in [0.717, 1.165) is 59.1 Å². The van der Waals surface area contributed by atoms with E-state index in [1.165, 1.54) is 0 Å². The maximum atomic E-state index is 14.2. The standard InChI is InChI=1S/C24H32O4P.C22H21O2P/c1-6-8-12-27-20-10-11-22(21(16-20)28-13-9-7-2)29(26)24(25)23-18(4)14-17(3)15-19(23)5;1-16-14-17(2)21(18(3)15-16)22(23)25(24,19-10-6-4-7-11-19)20-12-8-5-9-13-20/h10-11,14-16H,6-9,12-13H2,1-5H3;4-15H,1-3H3/q+1;. The van der Waals surface area contributed by atoms with E-state index in [4.69, 9.17) is 9.47 Å². The molecule has 0 N–H and O–H groups in total. The molecule has 0 saturated heterocycles. The van der Waals surface area contributed by atoms with Crippen LogP contribution in [0.2, 0.25) is 0 Å². The van der Waals surface area contributed by atoms with Crippen molar-refractivity contribution < 1.29 is 28.2 Å². The summed E-state index contributed by atoms with van der Waals surface area (Å²) in [6.45, 7) is 16.9. The van der Waals surface area contributed by atoms with Gasteiger partial charge in [0.25, 0.3) is 0 Å². The van der Waals surface area contributed by atoms with E-state index in [1.807, 2.05) is 102 Å². The molecule has 0 spiro atoms. The molecule has 8 heteroatoms. The van der Waals surface area contributed by atoms with Gasteiger partial charge in [-0.15, -0.1) is 0 Å². The van der Waals surface area contributed by atoms with Gasteiger partial charge < -0.3 is 14.0 Å². The lowest BCUT2D eigenvalue weighted by atomic mass is 10.0. The molecule has 0 aliphatic heterocycles. The number of carbonyl (C=O) groups is 2. The average molecular weight is 764 g/mol. The minimum Gasteiger partial charge on any atom is -0.493 e. The number of aryl methyl sites for hydroxylation is 6. The summed E-state index contributed by atoms with van der Waals surface area (Å²) in [6.07, 6.45) is 3.90. The molecular weight excluding hydrogens is 710 g/mol. The Kier molecular flexibility index (Phi) is 15.3. The third kappa shape index (κ3) is 10.1. The Morgan fingerprint density at radius 3 is 1.50 bits per heavy atom. The Bertz CT molecular complexity index is 2050. The van der Waals surface area contributed by atoms with Crippen LogP contribution in [0.5, 0.6) is 11.5 Å². The number of hydrogen-bond acceptors (Lipinski definition) is 6. The van der Waals surface area contributed by atoms with Crippen LogP contribution in [0.25, 0.3) is 0 Å². The second kappa shape index (κ2) is 19.6. The number of benzene rings is 5. The van der Waals surface area contributed by atoms with Gasteiger partial charge in [-0.1, -0.05) is 127 Å². The normalized spacial score (nSPS) is 11.3. The summed E-state index contributed by atoms with van der Waals surface area (Å²) in [7, 11) is -5.74. The molecule has 0 aromatic heterocycles. The highest BCUT2D eigenvalue weighted by Crippen LogP contribution is 2.48. The number of unbranched alkanes of at least 4 members (excludes halogenated alkanes) is 2. The highest BCUT2D eigenvalue weighted by molar-refractivity contribution is 7.93. The molecule has 54 heavy (non-hydrogen) atoms. The van der Waals surface area contributed by atoms with Gasteiger partial charge in [-0.05, 0) is 88.8 Å². The summed E-state index contributed by atoms with van der Waals surface area (Å²) in [6, 6.07) is 31.3. The SMILES string of the molecule is CCCCOc1ccc([P+](=O)C(=O)c2c(C)cc(C)cc2C)c(OCCCC)c1.Cc1cc(C)c(C(=O)P(=O)(c2ccccc2)c2ccccc2)c(C)c1. The average Bonchev–Trinajstić information content (AvgIpc) is 3.14. The van der Waals surface area contributed by atoms with Crippen molar-refractivity contribution in [3.05, 3.63) is 148 Å². The van der Waals surface area contributed by atoms with Crippen molar-refractivity contribution in [2.24, 2.45) is 0 Å². The van der Waals surface area contributed by atoms with Crippen molar-refractivity contribution in [1.29, 1.82) is 0 Å². The Balaban J connectivity index is 0.000000243. The predicted molar refractivity (Wildman–Crippen MR) is 224 cm³/mol. The van der Waals surface area contributed by atoms with Gasteiger partial charge in [0.15, 0.2) is 5.75 Å². The van der Waals surface area contributed by atoms with Gasteiger partial charge in [0.2, 0.25) is 18.0 Å². The van der Waals surface area contributed by atoms with Gasteiger partial charge >= 0.3 is 13.3 Å². The molecule has 0 fully saturated rings. The maximum Gasteiger partial charge on any atom is 0.462 e. The van der Waals surface area contributed by atoms with Crippen LogP contribution in [0.1, 0.15) is 93.6 Å². The van der Waals surface area contributed by atoms with Crippen LogP contribution < -0.4 is 25.4 Å². The lowest BCUT2D eigenvalue weighted by Gasteiger charge is -2.20. The van der Waals surface area contributed by atoms with E-state index < -0.39 is 14.9 Å². The number of ether oxygens (including phenoxy) is 2. The second-order valence-corrected chi connectivity index (χ2v) is 17.9. The van der Waals surface area contributed by atoms with Crippen LogP contribution in [0.4, 0.5) is 0 Å². The number of hydrogen-bond donors (Lipinski definition) is 0. The molecule has 0 aliphatic rings. The zero-order valence-corrected chi connectivity index (χ0v) is 34.7. The Labute approximate surface area is 322 Å². The van der Waals surface area contributed by atoms with Crippen LogP contribution >= 0.6 is 14.9 Å². The molecule has 1 atom stereocenters. The van der Waals surface area contributed by atoms with Crippen molar-refractivity contribution in [3.8, 4) is 11.5 Å². The summed E-state index contributed by atoms with van der Waals surface area (Å²) < 4.78 is 39.1. The number of carbonyl (C=O) groups excluding carboxylic acids is 2. The minimum atomic E-state index is -3.44. The van der Waals surface area contributed by atoms with Gasteiger partial charge in [0.1, 0.15) is 5.75 Å². The minimum absolute atomic E-state index is 0.292. The molecule has 5 aromatic carbocycles. The summed E-state index contributed by atoms with van der Waals surface area (Å²) in [5, 5.41) is 1.58. The van der Waals surface area contributed by atoms with Crippen molar-refractivity contribution in [3.63, 3.8) is 0 Å². The molecule has 0 radical (unpaired) electrons. The zero-order valence-electron chi connectivity index (χ0n) is 32.9. The Morgan fingerprint density at radius 2 is 1.04 bits per heavy atom. The molecule has 0 saturated carbocycles. The zero-order chi connectivity index (χ0) is 39.4. The quantitative estimate of drug-likeness (QED) is 0.0779. The molecular formula is C46H53O6P2+. The first kappa shape index (κ1) is 42.1. The Morgan fingerprint density at radius 1 is 0.593 bits per heavy atom. The molecule has 0 aliphatic carbocycles. The van der Waals surface area contributed by atoms with E-state index in [0.29, 0.717) is 51.8 Å². The van der Waals surface area contributed by atoms with E-state index in [9.17, 15) is 18.7 Å². The summed E-state index contributed by atoms with van der Waals surface area (Å²) >= 11 is 0. The van der Waals surface area contributed by atoms with Gasteiger partial charge in [-0.25, -0.2) is 4.79 Å². The Hall–Kier alpha value is -4.63. The van der Waals surface area contributed by atoms with Crippen LogP contribution in [0.15, 0.2) is 103 Å². The fraction of sp³-hybridized carbons (Fsp3) is 0.304. The number of rotatable bonds is 15. The molecule has 0 bridgehead atoms. The molecule has 1 unspecified atom stereocenters. The summed E-state index contributed by atoms with van der Waals surface area (Å²) in [5.74, 6) is 1.15. The molecule has 0 heterocycles. The second-order valence-electron chi connectivity index (χ2n) is 13.8. The highest BCUT2D eigenvalue weighted by atomic mass is 31.2. The van der Waals surface area contributed by atoms with Crippen LogP contribution in [-0.4, -0.2) is 24.3 Å². The largest absolute Gasteiger partial charge is 0.493 e. The first-order chi connectivity index (χ1) is 25.8. The molecule has 5 aromatic rings. The molecule has 6 nitrogen and oxygen atoms in total.